The van der Waals surface area contributed by atoms with Crippen molar-refractivity contribution in [2.45, 2.75) is 38.2 Å². The average molecular weight is 255 g/mol. The number of hydrogen-bond acceptors (Lipinski definition) is 2. The lowest BCUT2D eigenvalue weighted by Gasteiger charge is -2.13. The maximum atomic E-state index is 13.0. The molecule has 2 nitrogen and oxygen atoms in total. The predicted octanol–water partition coefficient (Wildman–Crippen LogP) is 3.52. The van der Waals surface area contributed by atoms with Crippen LogP contribution in [0.2, 0.25) is 0 Å². The fourth-order valence-corrected chi connectivity index (χ4v) is 2.29. The quantitative estimate of drug-likeness (QED) is 0.893. The van der Waals surface area contributed by atoms with Crippen LogP contribution in [0.4, 0.5) is 8.78 Å². The molecule has 1 aliphatic carbocycles. The number of benzene rings is 1. The molecule has 0 amide bonds. The molecular formula is C14H19F2NO. The van der Waals surface area contributed by atoms with Crippen molar-refractivity contribution in [2.75, 3.05) is 6.61 Å². The number of halogens is 2. The maximum absolute atomic E-state index is 13.0. The third-order valence-electron chi connectivity index (χ3n) is 3.38. The van der Waals surface area contributed by atoms with Gasteiger partial charge in [0, 0.05) is 18.9 Å². The Bertz CT molecular complexity index is 407. The molecule has 1 aromatic rings. The molecule has 4 heteroatoms. The fraction of sp³-hybridized carbons (Fsp3) is 0.571. The standard InChI is InChI=1S/C14H19F2NO/c1-10(17)12-3-2-4-13(7-12)18-9-11-5-6-14(15,16)8-11/h2-4,7,10-11H,5-6,8-9,17H2,1H3/t10-,11?/m1/s1. The van der Waals surface area contributed by atoms with E-state index in [9.17, 15) is 8.78 Å². The summed E-state index contributed by atoms with van der Waals surface area (Å²) in [6.45, 7) is 2.26. The maximum Gasteiger partial charge on any atom is 0.248 e. The van der Waals surface area contributed by atoms with E-state index < -0.39 is 5.92 Å². The molecule has 0 spiro atoms. The van der Waals surface area contributed by atoms with Gasteiger partial charge in [-0.2, -0.15) is 0 Å². The second-order valence-electron chi connectivity index (χ2n) is 5.14. The number of alkyl halides is 2. The van der Waals surface area contributed by atoms with E-state index in [0.717, 1.165) is 5.56 Å². The summed E-state index contributed by atoms with van der Waals surface area (Å²) < 4.78 is 31.6. The molecule has 2 atom stereocenters. The first kappa shape index (κ1) is 13.3. The third-order valence-corrected chi connectivity index (χ3v) is 3.38. The van der Waals surface area contributed by atoms with Crippen molar-refractivity contribution in [3.63, 3.8) is 0 Å². The fourth-order valence-electron chi connectivity index (χ4n) is 2.29. The normalized spacial score (nSPS) is 23.9. The minimum atomic E-state index is -2.50. The first-order valence-electron chi connectivity index (χ1n) is 6.32. The lowest BCUT2D eigenvalue weighted by molar-refractivity contribution is 0.00292. The van der Waals surface area contributed by atoms with Gasteiger partial charge < -0.3 is 10.5 Å². The highest BCUT2D eigenvalue weighted by atomic mass is 19.3. The van der Waals surface area contributed by atoms with E-state index in [1.165, 1.54) is 0 Å². The molecule has 0 bridgehead atoms. The summed E-state index contributed by atoms with van der Waals surface area (Å²) in [5.41, 5.74) is 6.77. The van der Waals surface area contributed by atoms with Gasteiger partial charge in [0.05, 0.1) is 6.61 Å². The summed E-state index contributed by atoms with van der Waals surface area (Å²) in [5, 5.41) is 0. The largest absolute Gasteiger partial charge is 0.493 e. The first-order valence-corrected chi connectivity index (χ1v) is 6.32. The van der Waals surface area contributed by atoms with Gasteiger partial charge in [0.1, 0.15) is 5.75 Å². The Labute approximate surface area is 106 Å². The highest BCUT2D eigenvalue weighted by Gasteiger charge is 2.39. The molecule has 0 heterocycles. The van der Waals surface area contributed by atoms with E-state index >= 15 is 0 Å². The molecule has 100 valence electrons. The van der Waals surface area contributed by atoms with Crippen LogP contribution < -0.4 is 10.5 Å². The van der Waals surface area contributed by atoms with Gasteiger partial charge >= 0.3 is 0 Å². The predicted molar refractivity (Wildman–Crippen MR) is 66.8 cm³/mol. The molecule has 2 N–H and O–H groups in total. The lowest BCUT2D eigenvalue weighted by atomic mass is 10.1. The van der Waals surface area contributed by atoms with Crippen LogP contribution in [0.3, 0.4) is 0 Å². The van der Waals surface area contributed by atoms with E-state index in [0.29, 0.717) is 18.8 Å². The molecule has 0 saturated heterocycles. The first-order chi connectivity index (χ1) is 8.46. The number of nitrogens with two attached hydrogens (primary N) is 1. The molecule has 0 aliphatic heterocycles. The molecule has 1 saturated carbocycles. The van der Waals surface area contributed by atoms with Crippen LogP contribution in [-0.2, 0) is 0 Å². The van der Waals surface area contributed by atoms with Gasteiger partial charge in [-0.3, -0.25) is 0 Å². The van der Waals surface area contributed by atoms with Crippen LogP contribution in [0.25, 0.3) is 0 Å². The van der Waals surface area contributed by atoms with Gasteiger partial charge in [-0.1, -0.05) is 12.1 Å². The van der Waals surface area contributed by atoms with Crippen LogP contribution in [0, 0.1) is 5.92 Å². The zero-order valence-corrected chi connectivity index (χ0v) is 10.5. The molecule has 0 radical (unpaired) electrons. The van der Waals surface area contributed by atoms with Gasteiger partial charge in [-0.05, 0) is 37.0 Å². The van der Waals surface area contributed by atoms with Gasteiger partial charge in [0.15, 0.2) is 0 Å². The highest BCUT2D eigenvalue weighted by molar-refractivity contribution is 5.30. The summed E-state index contributed by atoms with van der Waals surface area (Å²) >= 11 is 0. The molecule has 2 rings (SSSR count). The second-order valence-corrected chi connectivity index (χ2v) is 5.14. The van der Waals surface area contributed by atoms with E-state index in [1.54, 1.807) is 0 Å². The lowest BCUT2D eigenvalue weighted by Crippen LogP contribution is -2.14. The van der Waals surface area contributed by atoms with Crippen LogP contribution in [-0.4, -0.2) is 12.5 Å². The van der Waals surface area contributed by atoms with Crippen molar-refractivity contribution in [3.05, 3.63) is 29.8 Å². The van der Waals surface area contributed by atoms with Crippen molar-refractivity contribution in [3.8, 4) is 5.75 Å². The Morgan fingerprint density at radius 1 is 1.50 bits per heavy atom. The smallest absolute Gasteiger partial charge is 0.248 e. The molecule has 1 unspecified atom stereocenters. The number of hydrogen-bond donors (Lipinski definition) is 1. The van der Waals surface area contributed by atoms with E-state index in [1.807, 2.05) is 31.2 Å². The van der Waals surface area contributed by atoms with Crippen LogP contribution in [0.1, 0.15) is 37.8 Å². The topological polar surface area (TPSA) is 35.2 Å². The van der Waals surface area contributed by atoms with Gasteiger partial charge in [0.25, 0.3) is 0 Å². The summed E-state index contributed by atoms with van der Waals surface area (Å²) in [5.74, 6) is -1.83. The van der Waals surface area contributed by atoms with Gasteiger partial charge in [0.2, 0.25) is 5.92 Å². The van der Waals surface area contributed by atoms with Crippen molar-refractivity contribution < 1.29 is 13.5 Å². The zero-order valence-electron chi connectivity index (χ0n) is 10.5. The molecule has 1 aliphatic rings. The van der Waals surface area contributed by atoms with Crippen LogP contribution >= 0.6 is 0 Å². The van der Waals surface area contributed by atoms with Crippen molar-refractivity contribution in [1.29, 1.82) is 0 Å². The second kappa shape index (κ2) is 5.22. The summed E-state index contributed by atoms with van der Waals surface area (Å²) in [4.78, 5) is 0. The number of rotatable bonds is 4. The molecule has 1 aromatic carbocycles. The Morgan fingerprint density at radius 2 is 2.28 bits per heavy atom. The SMILES string of the molecule is C[C@@H](N)c1cccc(OCC2CCC(F)(F)C2)c1. The zero-order chi connectivity index (χ0) is 13.2. The van der Waals surface area contributed by atoms with E-state index in [-0.39, 0.29) is 24.8 Å². The summed E-state index contributed by atoms with van der Waals surface area (Å²) in [7, 11) is 0. The average Bonchev–Trinajstić information content (AvgIpc) is 2.67. The monoisotopic (exact) mass is 255 g/mol. The van der Waals surface area contributed by atoms with Gasteiger partial charge in [-0.15, -0.1) is 0 Å². The Balaban J connectivity index is 1.89. The summed E-state index contributed by atoms with van der Waals surface area (Å²) in [6.07, 6.45) is 0.473. The molecule has 0 aromatic heterocycles. The van der Waals surface area contributed by atoms with Gasteiger partial charge in [-0.25, -0.2) is 8.78 Å². The van der Waals surface area contributed by atoms with Crippen molar-refractivity contribution >= 4 is 0 Å². The number of ether oxygens (including phenoxy) is 1. The molecular weight excluding hydrogens is 236 g/mol. The van der Waals surface area contributed by atoms with E-state index in [2.05, 4.69) is 0 Å². The van der Waals surface area contributed by atoms with Crippen LogP contribution in [0.5, 0.6) is 5.75 Å². The third kappa shape index (κ3) is 3.42. The molecule has 18 heavy (non-hydrogen) atoms. The Morgan fingerprint density at radius 3 is 2.89 bits per heavy atom. The van der Waals surface area contributed by atoms with E-state index in [4.69, 9.17) is 10.5 Å². The van der Waals surface area contributed by atoms with Crippen molar-refractivity contribution in [2.24, 2.45) is 11.7 Å². The van der Waals surface area contributed by atoms with Crippen molar-refractivity contribution in [1.82, 2.24) is 0 Å². The Kier molecular flexibility index (Phi) is 3.85. The minimum absolute atomic E-state index is 0.0130. The van der Waals surface area contributed by atoms with Crippen LogP contribution in [0.15, 0.2) is 24.3 Å². The molecule has 1 fully saturated rings. The Hall–Kier alpha value is -1.16. The highest BCUT2D eigenvalue weighted by Crippen LogP contribution is 2.38. The minimum Gasteiger partial charge on any atom is -0.493 e. The summed E-state index contributed by atoms with van der Waals surface area (Å²) in [6, 6.07) is 7.46.